The van der Waals surface area contributed by atoms with Gasteiger partial charge in [-0.3, -0.25) is 14.3 Å². The zero-order valence-electron chi connectivity index (χ0n) is 9.81. The van der Waals surface area contributed by atoms with Gasteiger partial charge in [-0.15, -0.1) is 0 Å². The average Bonchev–Trinajstić information content (AvgIpc) is 2.76. The van der Waals surface area contributed by atoms with Gasteiger partial charge in [0.25, 0.3) is 5.56 Å². The van der Waals surface area contributed by atoms with Crippen LogP contribution in [0.15, 0.2) is 20.8 Å². The van der Waals surface area contributed by atoms with Crippen molar-refractivity contribution in [1.29, 1.82) is 0 Å². The second-order valence-corrected chi connectivity index (χ2v) is 4.85. The van der Waals surface area contributed by atoms with E-state index in [0.29, 0.717) is 0 Å². The van der Waals surface area contributed by atoms with Crippen LogP contribution in [-0.2, 0) is 4.74 Å². The first-order valence-corrected chi connectivity index (χ1v) is 6.44. The molecule has 0 amide bonds. The minimum Gasteiger partial charge on any atom is -0.393 e. The first-order valence-electron chi connectivity index (χ1n) is 5.53. The van der Waals surface area contributed by atoms with E-state index in [1.54, 1.807) is 0 Å². The quantitative estimate of drug-likeness (QED) is 0.844. The van der Waals surface area contributed by atoms with Gasteiger partial charge < -0.3 is 9.84 Å². The fraction of sp³-hybridized carbons (Fsp3) is 0.455. The molecule has 1 saturated heterocycles. The van der Waals surface area contributed by atoms with Crippen LogP contribution in [0.4, 0.5) is 4.39 Å². The first-order chi connectivity index (χ1) is 8.99. The number of hydrogen-bond donors (Lipinski definition) is 2. The van der Waals surface area contributed by atoms with E-state index in [1.807, 2.05) is 0 Å². The van der Waals surface area contributed by atoms with E-state index in [0.717, 1.165) is 4.57 Å². The smallest absolute Gasteiger partial charge is 0.330 e. The minimum atomic E-state index is -1.86. The van der Waals surface area contributed by atoms with Crippen LogP contribution >= 0.6 is 15.9 Å². The lowest BCUT2D eigenvalue weighted by Gasteiger charge is -2.15. The summed E-state index contributed by atoms with van der Waals surface area (Å²) < 4.78 is 20.1. The molecule has 104 valence electrons. The fourth-order valence-corrected chi connectivity index (χ4v) is 2.15. The Bertz CT molecular complexity index is 611. The van der Waals surface area contributed by atoms with Gasteiger partial charge in [-0.25, -0.2) is 9.18 Å². The van der Waals surface area contributed by atoms with Crippen LogP contribution in [0.25, 0.3) is 6.08 Å². The minimum absolute atomic E-state index is 0.146. The van der Waals surface area contributed by atoms with E-state index in [4.69, 9.17) is 9.84 Å². The summed E-state index contributed by atoms with van der Waals surface area (Å²) >= 11 is 3.03. The van der Waals surface area contributed by atoms with Gasteiger partial charge >= 0.3 is 5.69 Å². The Morgan fingerprint density at radius 1 is 1.68 bits per heavy atom. The number of H-pyrrole nitrogens is 1. The lowest BCUT2D eigenvalue weighted by Crippen LogP contribution is -2.34. The molecule has 6 nitrogen and oxygen atoms in total. The van der Waals surface area contributed by atoms with Crippen LogP contribution in [0.5, 0.6) is 0 Å². The lowest BCUT2D eigenvalue weighted by molar-refractivity contribution is 0.0272. The second kappa shape index (κ2) is 5.40. The third-order valence-electron chi connectivity index (χ3n) is 2.91. The van der Waals surface area contributed by atoms with Gasteiger partial charge in [-0.05, 0) is 11.1 Å². The number of aromatic nitrogens is 2. The topological polar surface area (TPSA) is 84.3 Å². The number of aliphatic hydroxyl groups excluding tert-OH is 1. The standard InChI is InChI=1S/C11H12BrFN2O4/c12-2-1-7-4-15(10(18)14-9(7)17)8-3-11(13,5-16)6-19-8/h1-2,4,8,16H,3,5-6H2,(H,14,17,18)/t8-,11-/m0/s1. The van der Waals surface area contributed by atoms with Gasteiger partial charge in [0.2, 0.25) is 0 Å². The Balaban J connectivity index is 2.39. The Morgan fingerprint density at radius 3 is 3.00 bits per heavy atom. The molecule has 0 unspecified atom stereocenters. The molecule has 2 rings (SSSR count). The predicted octanol–water partition coefficient (Wildman–Crippen LogP) is 0.522. The van der Waals surface area contributed by atoms with Crippen molar-refractivity contribution in [3.8, 4) is 0 Å². The number of hydrogen-bond acceptors (Lipinski definition) is 4. The Morgan fingerprint density at radius 2 is 2.42 bits per heavy atom. The molecule has 1 aromatic heterocycles. The van der Waals surface area contributed by atoms with E-state index in [-0.39, 0.29) is 18.6 Å². The molecule has 19 heavy (non-hydrogen) atoms. The zero-order chi connectivity index (χ0) is 14.0. The number of aliphatic hydroxyl groups is 1. The number of aromatic amines is 1. The number of nitrogens with zero attached hydrogens (tertiary/aromatic N) is 1. The maximum absolute atomic E-state index is 13.9. The van der Waals surface area contributed by atoms with Crippen molar-refractivity contribution >= 4 is 22.0 Å². The average molecular weight is 335 g/mol. The van der Waals surface area contributed by atoms with E-state index in [9.17, 15) is 14.0 Å². The number of ether oxygens (including phenoxy) is 1. The van der Waals surface area contributed by atoms with Gasteiger partial charge in [-0.1, -0.05) is 15.9 Å². The Labute approximate surface area is 115 Å². The third-order valence-corrected chi connectivity index (χ3v) is 3.17. The molecule has 1 aliphatic heterocycles. The molecule has 0 saturated carbocycles. The molecule has 0 radical (unpaired) electrons. The predicted molar refractivity (Wildman–Crippen MR) is 69.8 cm³/mol. The highest BCUT2D eigenvalue weighted by Gasteiger charge is 2.41. The van der Waals surface area contributed by atoms with Crippen molar-refractivity contribution in [2.75, 3.05) is 13.2 Å². The Hall–Kier alpha value is -1.25. The molecule has 0 bridgehead atoms. The highest BCUT2D eigenvalue weighted by molar-refractivity contribution is 9.11. The SMILES string of the molecule is O=c1[nH]c(=O)n([C@@H]2C[C@](F)(CO)CO2)cc1C=CBr. The van der Waals surface area contributed by atoms with Crippen molar-refractivity contribution in [2.24, 2.45) is 0 Å². The molecule has 0 aromatic carbocycles. The highest BCUT2D eigenvalue weighted by Crippen LogP contribution is 2.33. The zero-order valence-corrected chi connectivity index (χ0v) is 11.4. The summed E-state index contributed by atoms with van der Waals surface area (Å²) in [5.41, 5.74) is -2.83. The molecule has 1 aliphatic rings. The summed E-state index contributed by atoms with van der Waals surface area (Å²) in [6.45, 7) is -0.959. The molecule has 1 aromatic rings. The largest absolute Gasteiger partial charge is 0.393 e. The summed E-state index contributed by atoms with van der Waals surface area (Å²) in [5, 5.41) is 8.92. The monoisotopic (exact) mass is 334 g/mol. The van der Waals surface area contributed by atoms with Crippen LogP contribution in [0.2, 0.25) is 0 Å². The third kappa shape index (κ3) is 2.85. The second-order valence-electron chi connectivity index (χ2n) is 4.32. The van der Waals surface area contributed by atoms with E-state index < -0.39 is 29.8 Å². The molecular weight excluding hydrogens is 323 g/mol. The molecule has 2 atom stereocenters. The molecule has 0 spiro atoms. The van der Waals surface area contributed by atoms with Crippen LogP contribution < -0.4 is 11.2 Å². The molecule has 1 fully saturated rings. The van der Waals surface area contributed by atoms with Gasteiger partial charge in [0.1, 0.15) is 6.23 Å². The van der Waals surface area contributed by atoms with Crippen molar-refractivity contribution < 1.29 is 14.2 Å². The van der Waals surface area contributed by atoms with Crippen LogP contribution in [-0.4, -0.2) is 33.5 Å². The molecule has 2 N–H and O–H groups in total. The van der Waals surface area contributed by atoms with E-state index in [2.05, 4.69) is 20.9 Å². The molecular formula is C11H12BrFN2O4. The highest BCUT2D eigenvalue weighted by atomic mass is 79.9. The van der Waals surface area contributed by atoms with Crippen molar-refractivity contribution in [1.82, 2.24) is 9.55 Å². The summed E-state index contributed by atoms with van der Waals surface area (Å²) in [6, 6.07) is 0. The summed E-state index contributed by atoms with van der Waals surface area (Å²) in [7, 11) is 0. The van der Waals surface area contributed by atoms with Gasteiger partial charge in [0.15, 0.2) is 5.67 Å². The van der Waals surface area contributed by atoms with Crippen molar-refractivity contribution in [3.05, 3.63) is 37.6 Å². The number of alkyl halides is 1. The molecule has 2 heterocycles. The molecule has 0 aliphatic carbocycles. The van der Waals surface area contributed by atoms with Gasteiger partial charge in [0.05, 0.1) is 18.8 Å². The van der Waals surface area contributed by atoms with Crippen LogP contribution in [0, 0.1) is 0 Å². The summed E-state index contributed by atoms with van der Waals surface area (Å²) in [6.07, 6.45) is 1.77. The molecule has 8 heteroatoms. The summed E-state index contributed by atoms with van der Waals surface area (Å²) in [5.74, 6) is 0. The van der Waals surface area contributed by atoms with Crippen molar-refractivity contribution in [3.63, 3.8) is 0 Å². The maximum atomic E-state index is 13.9. The van der Waals surface area contributed by atoms with Crippen LogP contribution in [0.1, 0.15) is 18.2 Å². The summed E-state index contributed by atoms with van der Waals surface area (Å²) in [4.78, 5) is 26.8. The number of nitrogens with one attached hydrogen (secondary N) is 1. The number of rotatable bonds is 3. The van der Waals surface area contributed by atoms with E-state index in [1.165, 1.54) is 17.3 Å². The first kappa shape index (κ1) is 14.2. The normalized spacial score (nSPS) is 27.2. The lowest BCUT2D eigenvalue weighted by atomic mass is 10.1. The van der Waals surface area contributed by atoms with E-state index >= 15 is 0 Å². The van der Waals surface area contributed by atoms with Gasteiger partial charge in [-0.2, -0.15) is 0 Å². The maximum Gasteiger partial charge on any atom is 0.330 e. The number of halogens is 2. The Kier molecular flexibility index (Phi) is 4.02. The van der Waals surface area contributed by atoms with Gasteiger partial charge in [0, 0.05) is 12.6 Å². The fourth-order valence-electron chi connectivity index (χ4n) is 1.87. The van der Waals surface area contributed by atoms with Crippen LogP contribution in [0.3, 0.4) is 0 Å². The van der Waals surface area contributed by atoms with Crippen molar-refractivity contribution in [2.45, 2.75) is 18.3 Å².